The summed E-state index contributed by atoms with van der Waals surface area (Å²) in [6, 6.07) is 13.5. The zero-order valence-corrected chi connectivity index (χ0v) is 15.6. The summed E-state index contributed by atoms with van der Waals surface area (Å²) in [6.45, 7) is 3.83. The third-order valence-corrected chi connectivity index (χ3v) is 6.11. The van der Waals surface area contributed by atoms with Crippen LogP contribution in [-0.4, -0.2) is 40.3 Å². The minimum absolute atomic E-state index is 0.106. The molecule has 1 aromatic heterocycles. The van der Waals surface area contributed by atoms with Crippen LogP contribution in [0.1, 0.15) is 42.0 Å². The van der Waals surface area contributed by atoms with Gasteiger partial charge in [-0.25, -0.2) is 0 Å². The van der Waals surface area contributed by atoms with E-state index in [9.17, 15) is 4.79 Å². The summed E-state index contributed by atoms with van der Waals surface area (Å²) in [7, 11) is 1.94. The molecule has 2 aliphatic rings. The SMILES string of the molecule is Cc1cnccc1CN(C)C(=O)[C@H]1C[C@@H](c2ccccc2)N2CCC[C@H]12. The number of aromatic nitrogens is 1. The Kier molecular flexibility index (Phi) is 4.77. The van der Waals surface area contributed by atoms with Gasteiger partial charge in [-0.1, -0.05) is 30.3 Å². The number of rotatable bonds is 4. The van der Waals surface area contributed by atoms with Crippen molar-refractivity contribution in [2.75, 3.05) is 13.6 Å². The maximum atomic E-state index is 13.3. The largest absolute Gasteiger partial charge is 0.341 e. The lowest BCUT2D eigenvalue weighted by Crippen LogP contribution is -2.38. The molecule has 3 atom stereocenters. The first-order chi connectivity index (χ1) is 12.6. The van der Waals surface area contributed by atoms with E-state index < -0.39 is 0 Å². The van der Waals surface area contributed by atoms with E-state index in [1.165, 1.54) is 17.5 Å². The van der Waals surface area contributed by atoms with Crippen molar-refractivity contribution < 1.29 is 4.79 Å². The summed E-state index contributed by atoms with van der Waals surface area (Å²) in [6.07, 6.45) is 6.95. The fourth-order valence-corrected chi connectivity index (χ4v) is 4.73. The van der Waals surface area contributed by atoms with Crippen molar-refractivity contribution in [2.45, 2.75) is 44.8 Å². The van der Waals surface area contributed by atoms with Crippen LogP contribution in [0.5, 0.6) is 0 Å². The van der Waals surface area contributed by atoms with Crippen molar-refractivity contribution in [3.63, 3.8) is 0 Å². The molecular weight excluding hydrogens is 322 g/mol. The predicted molar refractivity (Wildman–Crippen MR) is 102 cm³/mol. The van der Waals surface area contributed by atoms with E-state index in [4.69, 9.17) is 0 Å². The van der Waals surface area contributed by atoms with Crippen LogP contribution in [0.15, 0.2) is 48.8 Å². The van der Waals surface area contributed by atoms with E-state index in [-0.39, 0.29) is 11.8 Å². The van der Waals surface area contributed by atoms with Gasteiger partial charge in [-0.05, 0) is 55.5 Å². The first kappa shape index (κ1) is 17.2. The number of pyridine rings is 1. The fourth-order valence-electron chi connectivity index (χ4n) is 4.73. The number of aryl methyl sites for hydroxylation is 1. The van der Waals surface area contributed by atoms with Crippen LogP contribution >= 0.6 is 0 Å². The fraction of sp³-hybridized carbons (Fsp3) is 0.455. The molecule has 0 N–H and O–H groups in total. The van der Waals surface area contributed by atoms with Gasteiger partial charge in [0.2, 0.25) is 5.91 Å². The molecule has 2 saturated heterocycles. The van der Waals surface area contributed by atoms with Crippen LogP contribution in [0.25, 0.3) is 0 Å². The molecule has 0 saturated carbocycles. The summed E-state index contributed by atoms with van der Waals surface area (Å²) < 4.78 is 0. The monoisotopic (exact) mass is 349 g/mol. The van der Waals surface area contributed by atoms with Gasteiger partial charge in [0, 0.05) is 38.1 Å². The highest BCUT2D eigenvalue weighted by molar-refractivity contribution is 5.80. The van der Waals surface area contributed by atoms with Crippen molar-refractivity contribution in [1.29, 1.82) is 0 Å². The number of benzene rings is 1. The lowest BCUT2D eigenvalue weighted by molar-refractivity contribution is -0.135. The minimum atomic E-state index is 0.106. The van der Waals surface area contributed by atoms with Crippen LogP contribution in [0.4, 0.5) is 0 Å². The van der Waals surface area contributed by atoms with Gasteiger partial charge in [-0.3, -0.25) is 14.7 Å². The Bertz CT molecular complexity index is 776. The van der Waals surface area contributed by atoms with Crippen molar-refractivity contribution in [1.82, 2.24) is 14.8 Å². The standard InChI is InChI=1S/C22H27N3O/c1-16-14-23-11-10-18(16)15-24(2)22(26)19-13-21(17-7-4-3-5-8-17)25-12-6-9-20(19)25/h3-5,7-8,10-11,14,19-21H,6,9,12-13,15H2,1-2H3/t19-,20+,21-/m0/s1. The zero-order valence-electron chi connectivity index (χ0n) is 15.6. The lowest BCUT2D eigenvalue weighted by atomic mass is 9.93. The molecule has 2 aliphatic heterocycles. The van der Waals surface area contributed by atoms with Crippen molar-refractivity contribution in [2.24, 2.45) is 5.92 Å². The predicted octanol–water partition coefficient (Wildman–Crippen LogP) is 3.57. The Morgan fingerprint density at radius 1 is 1.27 bits per heavy atom. The average Bonchev–Trinajstić information content (AvgIpc) is 3.26. The molecule has 136 valence electrons. The normalized spacial score (nSPS) is 25.2. The Labute approximate surface area is 155 Å². The van der Waals surface area contributed by atoms with E-state index >= 15 is 0 Å². The van der Waals surface area contributed by atoms with Crippen LogP contribution < -0.4 is 0 Å². The molecule has 2 aromatic rings. The quantitative estimate of drug-likeness (QED) is 0.847. The Balaban J connectivity index is 1.51. The average molecular weight is 349 g/mol. The maximum absolute atomic E-state index is 13.3. The van der Waals surface area contributed by atoms with Gasteiger partial charge in [0.25, 0.3) is 0 Å². The summed E-state index contributed by atoms with van der Waals surface area (Å²) in [5.41, 5.74) is 3.67. The number of fused-ring (bicyclic) bond motifs is 1. The highest BCUT2D eigenvalue weighted by atomic mass is 16.2. The second-order valence-electron chi connectivity index (χ2n) is 7.71. The third kappa shape index (κ3) is 3.14. The Hall–Kier alpha value is -2.20. The molecule has 0 aliphatic carbocycles. The Morgan fingerprint density at radius 3 is 2.85 bits per heavy atom. The van der Waals surface area contributed by atoms with E-state index in [0.29, 0.717) is 18.6 Å². The highest BCUT2D eigenvalue weighted by Gasteiger charge is 2.47. The summed E-state index contributed by atoms with van der Waals surface area (Å²) in [4.78, 5) is 21.9. The van der Waals surface area contributed by atoms with Crippen molar-refractivity contribution >= 4 is 5.91 Å². The molecule has 4 nitrogen and oxygen atoms in total. The molecule has 2 fully saturated rings. The van der Waals surface area contributed by atoms with Gasteiger partial charge in [-0.2, -0.15) is 0 Å². The van der Waals surface area contributed by atoms with Crippen molar-refractivity contribution in [3.8, 4) is 0 Å². The molecule has 4 rings (SSSR count). The molecule has 0 unspecified atom stereocenters. The summed E-state index contributed by atoms with van der Waals surface area (Å²) in [5, 5.41) is 0. The van der Waals surface area contributed by atoms with E-state index in [1.54, 1.807) is 6.20 Å². The number of nitrogens with zero attached hydrogens (tertiary/aromatic N) is 3. The first-order valence-corrected chi connectivity index (χ1v) is 9.60. The molecule has 4 heteroatoms. The highest BCUT2D eigenvalue weighted by Crippen LogP contribution is 2.45. The molecule has 0 spiro atoms. The van der Waals surface area contributed by atoms with Gasteiger partial charge >= 0.3 is 0 Å². The molecule has 26 heavy (non-hydrogen) atoms. The summed E-state index contributed by atoms with van der Waals surface area (Å²) >= 11 is 0. The first-order valence-electron chi connectivity index (χ1n) is 9.60. The molecule has 1 amide bonds. The van der Waals surface area contributed by atoms with Gasteiger partial charge in [-0.15, -0.1) is 0 Å². The van der Waals surface area contributed by atoms with E-state index in [0.717, 1.165) is 24.9 Å². The van der Waals surface area contributed by atoms with Crippen LogP contribution in [0, 0.1) is 12.8 Å². The van der Waals surface area contributed by atoms with Crippen LogP contribution in [0.2, 0.25) is 0 Å². The minimum Gasteiger partial charge on any atom is -0.341 e. The smallest absolute Gasteiger partial charge is 0.227 e. The molecule has 0 bridgehead atoms. The lowest BCUT2D eigenvalue weighted by Gasteiger charge is -2.26. The topological polar surface area (TPSA) is 36.4 Å². The van der Waals surface area contributed by atoms with Crippen LogP contribution in [-0.2, 0) is 11.3 Å². The van der Waals surface area contributed by atoms with E-state index in [1.807, 2.05) is 24.2 Å². The van der Waals surface area contributed by atoms with Gasteiger partial charge in [0.1, 0.15) is 0 Å². The zero-order chi connectivity index (χ0) is 18.1. The molecule has 1 aromatic carbocycles. The number of carbonyl (C=O) groups is 1. The molecule has 0 radical (unpaired) electrons. The van der Waals surface area contributed by atoms with Gasteiger partial charge in [0.05, 0.1) is 5.92 Å². The Morgan fingerprint density at radius 2 is 2.08 bits per heavy atom. The molecule has 3 heterocycles. The number of carbonyl (C=O) groups excluding carboxylic acids is 1. The number of amides is 1. The second kappa shape index (κ2) is 7.20. The molecular formula is C22H27N3O. The van der Waals surface area contributed by atoms with Crippen molar-refractivity contribution in [3.05, 3.63) is 65.5 Å². The van der Waals surface area contributed by atoms with E-state index in [2.05, 4.69) is 47.1 Å². The third-order valence-electron chi connectivity index (χ3n) is 6.11. The van der Waals surface area contributed by atoms with Gasteiger partial charge in [0.15, 0.2) is 0 Å². The summed E-state index contributed by atoms with van der Waals surface area (Å²) in [5.74, 6) is 0.395. The second-order valence-corrected chi connectivity index (χ2v) is 7.71. The number of hydrogen-bond donors (Lipinski definition) is 0. The van der Waals surface area contributed by atoms with Gasteiger partial charge < -0.3 is 4.90 Å². The van der Waals surface area contributed by atoms with Crippen LogP contribution in [0.3, 0.4) is 0 Å². The number of hydrogen-bond acceptors (Lipinski definition) is 3. The maximum Gasteiger partial charge on any atom is 0.227 e.